The van der Waals surface area contributed by atoms with Gasteiger partial charge in [-0.2, -0.15) is 0 Å². The molecule has 6 heteroatoms. The third kappa shape index (κ3) is 1.66. The standard InChI is InChI=1S/C9H7ClN2O3/c10-9-5-1-4-8(13)11-6(5)2-3-7(9)12(14)15/h2-3H,1,4H2,(H,11,13). The van der Waals surface area contributed by atoms with Crippen molar-refractivity contribution >= 4 is 28.9 Å². The van der Waals surface area contributed by atoms with Crippen molar-refractivity contribution in [2.45, 2.75) is 12.8 Å². The predicted octanol–water partition coefficient (Wildman–Crippen LogP) is 2.13. The molecule has 0 aliphatic carbocycles. The zero-order chi connectivity index (χ0) is 11.0. The number of amides is 1. The van der Waals surface area contributed by atoms with Crippen LogP contribution in [-0.2, 0) is 11.2 Å². The van der Waals surface area contributed by atoms with Gasteiger partial charge in [-0.1, -0.05) is 11.6 Å². The minimum Gasteiger partial charge on any atom is -0.326 e. The molecule has 0 fully saturated rings. The molecule has 0 bridgehead atoms. The lowest BCUT2D eigenvalue weighted by atomic mass is 10.0. The van der Waals surface area contributed by atoms with E-state index in [0.29, 0.717) is 24.1 Å². The first kappa shape index (κ1) is 9.92. The number of carbonyl (C=O) groups is 1. The quantitative estimate of drug-likeness (QED) is 0.589. The first-order valence-corrected chi connectivity index (χ1v) is 4.73. The number of rotatable bonds is 1. The Morgan fingerprint density at radius 1 is 1.40 bits per heavy atom. The molecule has 78 valence electrons. The van der Waals surface area contributed by atoms with Gasteiger partial charge in [-0.25, -0.2) is 0 Å². The first-order chi connectivity index (χ1) is 7.09. The minimum absolute atomic E-state index is 0.0904. The van der Waals surface area contributed by atoms with E-state index >= 15 is 0 Å². The largest absolute Gasteiger partial charge is 0.326 e. The molecule has 1 N–H and O–H groups in total. The normalized spacial score (nSPS) is 14.3. The van der Waals surface area contributed by atoms with Crippen molar-refractivity contribution < 1.29 is 9.72 Å². The fourth-order valence-electron chi connectivity index (χ4n) is 1.56. The van der Waals surface area contributed by atoms with Crippen LogP contribution in [0.15, 0.2) is 12.1 Å². The highest BCUT2D eigenvalue weighted by molar-refractivity contribution is 6.34. The average Bonchev–Trinajstić information content (AvgIpc) is 2.17. The van der Waals surface area contributed by atoms with Crippen LogP contribution in [0.3, 0.4) is 0 Å². The fraction of sp³-hybridized carbons (Fsp3) is 0.222. The number of nitrogens with one attached hydrogen (secondary N) is 1. The summed E-state index contributed by atoms with van der Waals surface area (Å²) in [6.07, 6.45) is 0.759. The molecule has 0 atom stereocenters. The van der Waals surface area contributed by atoms with Crippen LogP contribution in [-0.4, -0.2) is 10.8 Å². The number of nitro benzene ring substituents is 1. The van der Waals surface area contributed by atoms with E-state index in [9.17, 15) is 14.9 Å². The van der Waals surface area contributed by atoms with Crippen molar-refractivity contribution in [1.82, 2.24) is 0 Å². The van der Waals surface area contributed by atoms with Crippen LogP contribution >= 0.6 is 11.6 Å². The van der Waals surface area contributed by atoms with Crippen LogP contribution < -0.4 is 5.32 Å². The highest BCUT2D eigenvalue weighted by Crippen LogP contribution is 2.35. The highest BCUT2D eigenvalue weighted by Gasteiger charge is 2.23. The van der Waals surface area contributed by atoms with Gasteiger partial charge in [0.1, 0.15) is 5.02 Å². The number of hydrogen-bond donors (Lipinski definition) is 1. The number of fused-ring (bicyclic) bond motifs is 1. The Hall–Kier alpha value is -1.62. The van der Waals surface area contributed by atoms with E-state index < -0.39 is 4.92 Å². The Morgan fingerprint density at radius 3 is 2.80 bits per heavy atom. The minimum atomic E-state index is -0.529. The van der Waals surface area contributed by atoms with Gasteiger partial charge in [-0.05, 0) is 12.5 Å². The summed E-state index contributed by atoms with van der Waals surface area (Å²) in [7, 11) is 0. The second kappa shape index (κ2) is 3.51. The Morgan fingerprint density at radius 2 is 2.13 bits per heavy atom. The third-order valence-electron chi connectivity index (χ3n) is 2.30. The maximum atomic E-state index is 11.1. The number of halogens is 1. The second-order valence-electron chi connectivity index (χ2n) is 3.23. The summed E-state index contributed by atoms with van der Waals surface area (Å²) in [6, 6.07) is 2.81. The molecule has 0 unspecified atom stereocenters. The highest BCUT2D eigenvalue weighted by atomic mass is 35.5. The lowest BCUT2D eigenvalue weighted by molar-refractivity contribution is -0.384. The van der Waals surface area contributed by atoms with Gasteiger partial charge in [0, 0.05) is 23.7 Å². The van der Waals surface area contributed by atoms with Crippen molar-refractivity contribution in [2.24, 2.45) is 0 Å². The Labute approximate surface area is 90.2 Å². The van der Waals surface area contributed by atoms with Crippen molar-refractivity contribution in [3.05, 3.63) is 32.8 Å². The molecule has 2 rings (SSSR count). The molecule has 1 aliphatic rings. The molecule has 15 heavy (non-hydrogen) atoms. The average molecular weight is 227 g/mol. The summed E-state index contributed by atoms with van der Waals surface area (Å²) >= 11 is 5.88. The molecule has 1 aromatic rings. The zero-order valence-electron chi connectivity index (χ0n) is 7.62. The molecule has 0 spiro atoms. The molecule has 0 saturated carbocycles. The smallest absolute Gasteiger partial charge is 0.288 e. The Kier molecular flexibility index (Phi) is 2.32. The number of nitro groups is 1. The number of hydrogen-bond acceptors (Lipinski definition) is 3. The van der Waals surface area contributed by atoms with E-state index in [4.69, 9.17) is 11.6 Å². The Balaban J connectivity index is 2.53. The lowest BCUT2D eigenvalue weighted by Gasteiger charge is -2.17. The summed E-state index contributed by atoms with van der Waals surface area (Å²) < 4.78 is 0. The summed E-state index contributed by atoms with van der Waals surface area (Å²) in [6.45, 7) is 0. The number of nitrogens with zero attached hydrogens (tertiary/aromatic N) is 1. The molecular formula is C9H7ClN2O3. The van der Waals surface area contributed by atoms with Gasteiger partial charge in [0.15, 0.2) is 0 Å². The number of carbonyl (C=O) groups excluding carboxylic acids is 1. The van der Waals surface area contributed by atoms with E-state index in [2.05, 4.69) is 5.32 Å². The molecule has 1 aliphatic heterocycles. The fourth-order valence-corrected chi connectivity index (χ4v) is 1.89. The van der Waals surface area contributed by atoms with Crippen molar-refractivity contribution in [3.63, 3.8) is 0 Å². The van der Waals surface area contributed by atoms with Crippen molar-refractivity contribution in [2.75, 3.05) is 5.32 Å². The summed E-state index contributed by atoms with van der Waals surface area (Å²) in [4.78, 5) is 21.1. The number of benzene rings is 1. The van der Waals surface area contributed by atoms with Crippen LogP contribution in [0.2, 0.25) is 5.02 Å². The van der Waals surface area contributed by atoms with E-state index in [1.54, 1.807) is 0 Å². The van der Waals surface area contributed by atoms with Crippen LogP contribution in [0.5, 0.6) is 0 Å². The van der Waals surface area contributed by atoms with Crippen LogP contribution in [0, 0.1) is 10.1 Å². The van der Waals surface area contributed by atoms with Crippen LogP contribution in [0.4, 0.5) is 11.4 Å². The molecule has 5 nitrogen and oxygen atoms in total. The monoisotopic (exact) mass is 226 g/mol. The summed E-state index contributed by atoms with van der Waals surface area (Å²) in [5.74, 6) is -0.0904. The zero-order valence-corrected chi connectivity index (χ0v) is 8.37. The van der Waals surface area contributed by atoms with E-state index in [0.717, 1.165) is 0 Å². The molecule has 0 aromatic heterocycles. The van der Waals surface area contributed by atoms with Gasteiger partial charge in [0.25, 0.3) is 5.69 Å². The topological polar surface area (TPSA) is 72.2 Å². The maximum Gasteiger partial charge on any atom is 0.288 e. The molecule has 0 radical (unpaired) electrons. The van der Waals surface area contributed by atoms with Gasteiger partial charge < -0.3 is 5.32 Å². The lowest BCUT2D eigenvalue weighted by Crippen LogP contribution is -2.19. The second-order valence-corrected chi connectivity index (χ2v) is 3.61. The van der Waals surface area contributed by atoms with Gasteiger partial charge in [0.2, 0.25) is 5.91 Å². The SMILES string of the molecule is O=C1CCc2c(ccc([N+](=O)[O-])c2Cl)N1. The summed E-state index contributed by atoms with van der Waals surface area (Å²) in [5.41, 5.74) is 1.10. The number of anilines is 1. The van der Waals surface area contributed by atoms with E-state index in [-0.39, 0.29) is 16.6 Å². The maximum absolute atomic E-state index is 11.1. The summed E-state index contributed by atoms with van der Waals surface area (Å²) in [5, 5.41) is 13.3. The third-order valence-corrected chi connectivity index (χ3v) is 2.72. The molecule has 0 saturated heterocycles. The first-order valence-electron chi connectivity index (χ1n) is 4.35. The van der Waals surface area contributed by atoms with E-state index in [1.165, 1.54) is 12.1 Å². The van der Waals surface area contributed by atoms with Gasteiger partial charge in [-0.15, -0.1) is 0 Å². The molecule has 1 heterocycles. The van der Waals surface area contributed by atoms with Crippen molar-refractivity contribution in [3.8, 4) is 0 Å². The predicted molar refractivity (Wildman–Crippen MR) is 55.1 cm³/mol. The van der Waals surface area contributed by atoms with Crippen LogP contribution in [0.1, 0.15) is 12.0 Å². The molecule has 1 aromatic carbocycles. The van der Waals surface area contributed by atoms with Gasteiger partial charge in [-0.3, -0.25) is 14.9 Å². The molecule has 1 amide bonds. The van der Waals surface area contributed by atoms with E-state index in [1.807, 2.05) is 0 Å². The Bertz CT molecular complexity index is 459. The van der Waals surface area contributed by atoms with Crippen molar-refractivity contribution in [1.29, 1.82) is 0 Å². The van der Waals surface area contributed by atoms with Gasteiger partial charge in [0.05, 0.1) is 4.92 Å². The van der Waals surface area contributed by atoms with Gasteiger partial charge >= 0.3 is 0 Å². The van der Waals surface area contributed by atoms with Crippen LogP contribution in [0.25, 0.3) is 0 Å². The molecular weight excluding hydrogens is 220 g/mol.